The molecule has 2 aliphatic heterocycles. The number of fused-ring (bicyclic) bond motifs is 5. The Morgan fingerprint density at radius 1 is 1.00 bits per heavy atom. The number of benzene rings is 3. The van der Waals surface area contributed by atoms with E-state index in [0.717, 1.165) is 71.9 Å². The van der Waals surface area contributed by atoms with E-state index < -0.39 is 23.5 Å². The number of methoxy groups -OCH3 is 1. The van der Waals surface area contributed by atoms with Crippen LogP contribution in [0.5, 0.6) is 11.5 Å². The molecule has 4 aliphatic carbocycles. The van der Waals surface area contributed by atoms with Crippen molar-refractivity contribution in [1.82, 2.24) is 16.0 Å². The molecule has 0 aromatic heterocycles. The largest absolute Gasteiger partial charge is 0.504 e. The van der Waals surface area contributed by atoms with E-state index >= 15 is 0 Å². The maximum Gasteiger partial charge on any atom is 0.160 e. The number of aliphatic hydroxyl groups excluding tert-OH is 3. The topological polar surface area (TPSA) is 186 Å². The number of dihydropyridines is 1. The first-order valence-electron chi connectivity index (χ1n) is 25.8. The number of aliphatic hydroxyl groups is 3. The Bertz CT molecular complexity index is 2440. The highest BCUT2D eigenvalue weighted by atomic mass is 16.5. The molecule has 3 saturated carbocycles. The molecule has 2 heterocycles. The molecule has 0 radical (unpaired) electrons. The zero-order valence-corrected chi connectivity index (χ0v) is 40.1. The number of phenolic OH excluding ortho intramolecular Hbond substituents is 1. The van der Waals surface area contributed by atoms with Crippen molar-refractivity contribution >= 4 is 22.3 Å². The molecule has 0 bridgehead atoms. The molecular weight excluding hydrogens is 853 g/mol. The lowest BCUT2D eigenvalue weighted by molar-refractivity contribution is -0.138. The van der Waals surface area contributed by atoms with E-state index in [0.29, 0.717) is 105 Å². The summed E-state index contributed by atoms with van der Waals surface area (Å²) in [6.45, 7) is 5.44. The number of rotatable bonds is 14. The van der Waals surface area contributed by atoms with Gasteiger partial charge in [0.25, 0.3) is 0 Å². The molecule has 6 aliphatic rings. The van der Waals surface area contributed by atoms with E-state index in [1.54, 1.807) is 6.07 Å². The third-order valence-corrected chi connectivity index (χ3v) is 17.5. The summed E-state index contributed by atoms with van der Waals surface area (Å²) >= 11 is 0. The van der Waals surface area contributed by atoms with E-state index in [4.69, 9.17) is 10.5 Å². The van der Waals surface area contributed by atoms with Crippen LogP contribution in [0.2, 0.25) is 0 Å². The predicted molar refractivity (Wildman–Crippen MR) is 266 cm³/mol. The van der Waals surface area contributed by atoms with E-state index in [9.17, 15) is 30.0 Å². The maximum atomic E-state index is 14.7. The monoisotopic (exact) mass is 927 g/mol. The van der Waals surface area contributed by atoms with Gasteiger partial charge in [0.05, 0.1) is 25.1 Å². The number of piperidine rings is 1. The lowest BCUT2D eigenvalue weighted by atomic mass is 9.50. The first-order valence-corrected chi connectivity index (χ1v) is 25.8. The van der Waals surface area contributed by atoms with E-state index in [-0.39, 0.29) is 54.3 Å². The van der Waals surface area contributed by atoms with Crippen LogP contribution in [0, 0.1) is 58.7 Å². The Morgan fingerprint density at radius 3 is 2.62 bits per heavy atom. The van der Waals surface area contributed by atoms with Crippen LogP contribution in [0.3, 0.4) is 0 Å². The first-order chi connectivity index (χ1) is 33.0. The average Bonchev–Trinajstić information content (AvgIpc) is 3.39. The lowest BCUT2D eigenvalue weighted by Gasteiger charge is -2.58. The number of ether oxygens (including phenoxy) is 1. The van der Waals surface area contributed by atoms with Gasteiger partial charge in [0.15, 0.2) is 17.3 Å². The highest BCUT2D eigenvalue weighted by Crippen LogP contribution is 2.56. The molecule has 364 valence electrons. The Balaban J connectivity index is 0.984. The Labute approximate surface area is 402 Å². The SMILES string of the molecule is CCNCC1CC2C3CCC(=O)CC3NCC2C(CCO)C1C1CCC2(C#CC(CCC(O)CC(C3=CCNC(N)=C3)c3ccc4ccccc4c3)c3cc(O)c(OC)cc3CCC2=O)C(O)C1. The van der Waals surface area contributed by atoms with Crippen molar-refractivity contribution in [1.29, 1.82) is 0 Å². The third kappa shape index (κ3) is 9.87. The minimum Gasteiger partial charge on any atom is -0.504 e. The number of nitrogens with two attached hydrogens (primary N) is 1. The number of allylic oxidation sites excluding steroid dienone is 2. The summed E-state index contributed by atoms with van der Waals surface area (Å²) in [5, 5.41) is 59.3. The Morgan fingerprint density at radius 2 is 1.84 bits per heavy atom. The van der Waals surface area contributed by atoms with Crippen molar-refractivity contribution in [3.05, 3.63) is 94.8 Å². The molecule has 9 rings (SSSR count). The van der Waals surface area contributed by atoms with Crippen LogP contribution in [-0.4, -0.2) is 90.1 Å². The Hall–Kier alpha value is -4.70. The summed E-state index contributed by atoms with van der Waals surface area (Å²) in [5.41, 5.74) is 8.89. The molecule has 9 N–H and O–H groups in total. The van der Waals surface area contributed by atoms with Gasteiger partial charge in [-0.25, -0.2) is 0 Å². The molecule has 1 saturated heterocycles. The minimum absolute atomic E-state index is 0.00190. The van der Waals surface area contributed by atoms with Gasteiger partial charge in [0.1, 0.15) is 11.2 Å². The summed E-state index contributed by atoms with van der Waals surface area (Å²) in [7, 11) is 1.52. The van der Waals surface area contributed by atoms with Crippen molar-refractivity contribution in [2.75, 3.05) is 39.9 Å². The van der Waals surface area contributed by atoms with Crippen molar-refractivity contribution < 1.29 is 34.8 Å². The molecule has 68 heavy (non-hydrogen) atoms. The number of Topliss-reactive ketones (excluding diaryl/α,β-unsaturated/α-hetero) is 2. The summed E-state index contributed by atoms with van der Waals surface area (Å²) < 4.78 is 5.56. The van der Waals surface area contributed by atoms with Gasteiger partial charge in [0, 0.05) is 50.3 Å². The minimum atomic E-state index is -1.24. The number of aryl methyl sites for hydroxylation is 1. The highest BCUT2D eigenvalue weighted by Gasteiger charge is 2.56. The number of carbonyl (C=O) groups excluding carboxylic acids is 2. The fraction of sp³-hybridized carbons (Fsp3) is 0.579. The molecule has 13 atom stereocenters. The summed E-state index contributed by atoms with van der Waals surface area (Å²) in [6, 6.07) is 18.5. The van der Waals surface area contributed by atoms with Crippen molar-refractivity contribution in [2.24, 2.45) is 52.6 Å². The van der Waals surface area contributed by atoms with Gasteiger partial charge >= 0.3 is 0 Å². The van der Waals surface area contributed by atoms with Crippen molar-refractivity contribution in [3.8, 4) is 23.3 Å². The van der Waals surface area contributed by atoms with Crippen LogP contribution in [0.4, 0.5) is 0 Å². The van der Waals surface area contributed by atoms with Gasteiger partial charge in [-0.15, -0.1) is 0 Å². The molecule has 0 amide bonds. The van der Waals surface area contributed by atoms with Crippen LogP contribution in [0.25, 0.3) is 10.8 Å². The number of hydrogen-bond donors (Lipinski definition) is 8. The fourth-order valence-electron chi connectivity index (χ4n) is 14.2. The molecule has 11 heteroatoms. The number of nitrogens with one attached hydrogen (secondary N) is 3. The molecule has 4 fully saturated rings. The molecule has 3 aromatic carbocycles. The normalized spacial score (nSPS) is 32.4. The zero-order valence-electron chi connectivity index (χ0n) is 40.1. The second kappa shape index (κ2) is 21.1. The number of ketones is 2. The highest BCUT2D eigenvalue weighted by molar-refractivity contribution is 5.89. The lowest BCUT2D eigenvalue weighted by Crippen LogP contribution is -2.60. The van der Waals surface area contributed by atoms with E-state index in [2.05, 4.69) is 71.1 Å². The first kappa shape index (κ1) is 48.3. The van der Waals surface area contributed by atoms with Gasteiger partial charge in [-0.05, 0) is 177 Å². The molecular formula is C57H74N4O7. The summed E-state index contributed by atoms with van der Waals surface area (Å²) in [5.74, 6) is 10.1. The van der Waals surface area contributed by atoms with Gasteiger partial charge in [0.2, 0.25) is 0 Å². The number of aromatic hydroxyl groups is 1. The second-order valence-electron chi connectivity index (χ2n) is 21.1. The number of phenols is 1. The summed E-state index contributed by atoms with van der Waals surface area (Å²) in [4.78, 5) is 27.3. The molecule has 3 aromatic rings. The quantitative estimate of drug-likeness (QED) is 0.0799. The van der Waals surface area contributed by atoms with Gasteiger partial charge in [-0.2, -0.15) is 0 Å². The summed E-state index contributed by atoms with van der Waals surface area (Å²) in [6.07, 6.45) is 10.0. The fourth-order valence-corrected chi connectivity index (χ4v) is 14.2. The Kier molecular flexibility index (Phi) is 15.0. The molecule has 1 spiro atoms. The van der Waals surface area contributed by atoms with E-state index in [1.165, 1.54) is 7.11 Å². The van der Waals surface area contributed by atoms with Crippen LogP contribution >= 0.6 is 0 Å². The smallest absolute Gasteiger partial charge is 0.160 e. The van der Waals surface area contributed by atoms with Crippen molar-refractivity contribution in [3.63, 3.8) is 0 Å². The molecule has 13 unspecified atom stereocenters. The zero-order chi connectivity index (χ0) is 47.5. The molecule has 11 nitrogen and oxygen atoms in total. The van der Waals surface area contributed by atoms with Crippen LogP contribution < -0.4 is 26.4 Å². The maximum absolute atomic E-state index is 14.7. The van der Waals surface area contributed by atoms with Crippen molar-refractivity contribution in [2.45, 2.75) is 120 Å². The number of carbonyl (C=O) groups is 2. The van der Waals surface area contributed by atoms with Gasteiger partial charge in [-0.3, -0.25) is 9.59 Å². The van der Waals surface area contributed by atoms with Crippen LogP contribution in [0.1, 0.15) is 112 Å². The predicted octanol–water partition coefficient (Wildman–Crippen LogP) is 6.77. The average molecular weight is 927 g/mol. The van der Waals surface area contributed by atoms with Gasteiger partial charge < -0.3 is 46.8 Å². The van der Waals surface area contributed by atoms with Gasteiger partial charge in [-0.1, -0.05) is 67.3 Å². The third-order valence-electron chi connectivity index (χ3n) is 17.5. The van der Waals surface area contributed by atoms with Crippen LogP contribution in [-0.2, 0) is 16.0 Å². The van der Waals surface area contributed by atoms with Crippen LogP contribution in [0.15, 0.2) is 78.1 Å². The number of hydrogen-bond acceptors (Lipinski definition) is 11. The van der Waals surface area contributed by atoms with E-state index in [1.807, 2.05) is 24.3 Å². The second-order valence-corrected chi connectivity index (χ2v) is 21.1. The standard InChI is InChI=1S/C57H74N4O7/c1-3-59-32-41-25-48-44-14-13-43(64)30-50(44)61-33-49(48)45(19-23-62)56(41)40-17-21-57(54(67)27-40)20-16-35(47-31-51(65)52(68-2)26-38(47)11-15-53(57)66)10-12-42(63)29-46(39-18-22-60-55(58)28-39)37-9-8-34-6-4-5-7-36(34)24-37/h4-9,18,24,26,28,31,35,40-42,44-46,48-50,54,56,59-63,65,67H,3,10-15,17,19,21-23,25,27,29-30,32-33,58H2,1-2H3.